The largest absolute Gasteiger partial charge is 0.307 e. The lowest BCUT2D eigenvalue weighted by Crippen LogP contribution is -2.02. The fourth-order valence-electron chi connectivity index (χ4n) is 6.33. The first-order valence-corrected chi connectivity index (χ1v) is 13.4. The number of hydrogen-bond acceptors (Lipinski definition) is 1. The summed E-state index contributed by atoms with van der Waals surface area (Å²) in [5.41, 5.74) is 9.41. The summed E-state index contributed by atoms with van der Waals surface area (Å²) in [6.07, 6.45) is 0. The van der Waals surface area contributed by atoms with Gasteiger partial charge >= 0.3 is 0 Å². The maximum absolute atomic E-state index is 9.95. The summed E-state index contributed by atoms with van der Waals surface area (Å²) in [5.74, 6) is 0. The molecule has 186 valence electrons. The summed E-state index contributed by atoms with van der Waals surface area (Å²) < 4.78 is 4.78. The highest BCUT2D eigenvalue weighted by Crippen LogP contribution is 2.41. The predicted octanol–water partition coefficient (Wildman–Crippen LogP) is 9.42. The summed E-state index contributed by atoms with van der Waals surface area (Å²) in [4.78, 5) is 0. The zero-order valence-electron chi connectivity index (χ0n) is 21.6. The van der Waals surface area contributed by atoms with Crippen molar-refractivity contribution in [2.45, 2.75) is 0 Å². The third kappa shape index (κ3) is 3.11. The molecule has 0 saturated heterocycles. The molecule has 0 fully saturated rings. The Morgan fingerprint density at radius 1 is 0.400 bits per heavy atom. The van der Waals surface area contributed by atoms with Gasteiger partial charge in [-0.3, -0.25) is 0 Å². The molecule has 0 aliphatic rings. The molecule has 0 unspecified atom stereocenters. The van der Waals surface area contributed by atoms with E-state index in [1.165, 1.54) is 32.6 Å². The van der Waals surface area contributed by atoms with Crippen LogP contribution in [0, 0.1) is 11.3 Å². The second-order valence-electron chi connectivity index (χ2n) is 10.1. The van der Waals surface area contributed by atoms with Gasteiger partial charge in [-0.2, -0.15) is 5.26 Å². The van der Waals surface area contributed by atoms with E-state index in [4.69, 9.17) is 0 Å². The van der Waals surface area contributed by atoms with Gasteiger partial charge in [0.1, 0.15) is 0 Å². The molecule has 0 aliphatic carbocycles. The Balaban J connectivity index is 1.56. The number of rotatable bonds is 3. The minimum Gasteiger partial charge on any atom is -0.307 e. The molecule has 0 saturated carbocycles. The van der Waals surface area contributed by atoms with Crippen LogP contribution < -0.4 is 0 Å². The maximum atomic E-state index is 9.95. The van der Waals surface area contributed by atoms with Crippen molar-refractivity contribution < 1.29 is 0 Å². The van der Waals surface area contributed by atoms with Gasteiger partial charge in [-0.05, 0) is 36.4 Å². The first-order chi connectivity index (χ1) is 19.8. The molecule has 0 N–H and O–H groups in total. The molecule has 3 heteroatoms. The number of fused-ring (bicyclic) bond motifs is 6. The van der Waals surface area contributed by atoms with Crippen LogP contribution in [0.25, 0.3) is 66.1 Å². The zero-order valence-corrected chi connectivity index (χ0v) is 21.6. The quantitative estimate of drug-likeness (QED) is 0.233. The molecule has 8 aromatic rings. The summed E-state index contributed by atoms with van der Waals surface area (Å²) in [7, 11) is 0. The fraction of sp³-hybridized carbons (Fsp3) is 0. The van der Waals surface area contributed by atoms with Crippen molar-refractivity contribution in [3.8, 4) is 28.6 Å². The van der Waals surface area contributed by atoms with E-state index < -0.39 is 0 Å². The van der Waals surface area contributed by atoms with Crippen LogP contribution in [-0.2, 0) is 0 Å². The molecular weight excluding hydrogens is 486 g/mol. The first-order valence-electron chi connectivity index (χ1n) is 13.4. The van der Waals surface area contributed by atoms with Crippen LogP contribution in [0.15, 0.2) is 140 Å². The standard InChI is InChI=1S/C37H23N3/c38-24-25-12-1-2-13-26(25)27-14-3-9-21-34(27)40-35-22-10-6-17-30(35)31-18-11-23-36(37(31)40)39-32-19-7-4-15-28(32)29-16-5-8-20-33(29)39/h1-23H. The van der Waals surface area contributed by atoms with E-state index in [1.54, 1.807) is 0 Å². The van der Waals surface area contributed by atoms with E-state index in [0.29, 0.717) is 5.56 Å². The number of hydrogen-bond donors (Lipinski definition) is 0. The third-order valence-electron chi connectivity index (χ3n) is 7.98. The topological polar surface area (TPSA) is 33.6 Å². The first kappa shape index (κ1) is 22.4. The molecule has 40 heavy (non-hydrogen) atoms. The highest BCUT2D eigenvalue weighted by atomic mass is 15.1. The molecule has 0 bridgehead atoms. The predicted molar refractivity (Wildman–Crippen MR) is 165 cm³/mol. The highest BCUT2D eigenvalue weighted by molar-refractivity contribution is 6.15. The van der Waals surface area contributed by atoms with Crippen LogP contribution >= 0.6 is 0 Å². The van der Waals surface area contributed by atoms with Crippen molar-refractivity contribution >= 4 is 43.6 Å². The van der Waals surface area contributed by atoms with E-state index in [1.807, 2.05) is 24.3 Å². The molecule has 0 aliphatic heterocycles. The van der Waals surface area contributed by atoms with Crippen molar-refractivity contribution in [3.63, 3.8) is 0 Å². The molecule has 0 amide bonds. The fourth-order valence-corrected chi connectivity index (χ4v) is 6.33. The Hall–Kier alpha value is -5.59. The van der Waals surface area contributed by atoms with Gasteiger partial charge in [-0.15, -0.1) is 0 Å². The number of para-hydroxylation sites is 5. The normalized spacial score (nSPS) is 11.5. The van der Waals surface area contributed by atoms with Gasteiger partial charge in [0.2, 0.25) is 0 Å². The van der Waals surface area contributed by atoms with Crippen molar-refractivity contribution in [2.24, 2.45) is 0 Å². The lowest BCUT2D eigenvalue weighted by atomic mass is 9.98. The third-order valence-corrected chi connectivity index (χ3v) is 7.98. The van der Waals surface area contributed by atoms with Gasteiger partial charge in [0.15, 0.2) is 0 Å². The van der Waals surface area contributed by atoms with Crippen LogP contribution in [0.2, 0.25) is 0 Å². The van der Waals surface area contributed by atoms with Gasteiger partial charge in [0.25, 0.3) is 0 Å². The lowest BCUT2D eigenvalue weighted by Gasteiger charge is -2.17. The Labute approximate surface area is 231 Å². The molecular formula is C37H23N3. The second-order valence-corrected chi connectivity index (χ2v) is 10.1. The smallest absolute Gasteiger partial charge is 0.0998 e. The molecule has 0 radical (unpaired) electrons. The Bertz CT molecular complexity index is 2240. The summed E-state index contributed by atoms with van der Waals surface area (Å²) in [6, 6.07) is 51.2. The summed E-state index contributed by atoms with van der Waals surface area (Å²) >= 11 is 0. The SMILES string of the molecule is N#Cc1ccccc1-c1ccccc1-n1c2ccccc2c2cccc(-n3c4ccccc4c4ccccc43)c21. The van der Waals surface area contributed by atoms with Gasteiger partial charge in [-0.1, -0.05) is 103 Å². The molecule has 2 heterocycles. The minimum absolute atomic E-state index is 0.665. The number of nitrogens with zero attached hydrogens (tertiary/aromatic N) is 3. The van der Waals surface area contributed by atoms with E-state index in [0.717, 1.165) is 33.5 Å². The van der Waals surface area contributed by atoms with Crippen LogP contribution in [0.3, 0.4) is 0 Å². The average molecular weight is 510 g/mol. The monoisotopic (exact) mass is 509 g/mol. The molecule has 0 atom stereocenters. The molecule has 6 aromatic carbocycles. The zero-order chi connectivity index (χ0) is 26.6. The molecule has 2 aromatic heterocycles. The number of nitriles is 1. The molecule has 8 rings (SSSR count). The number of benzene rings is 6. The van der Waals surface area contributed by atoms with Crippen LogP contribution in [0.1, 0.15) is 5.56 Å². The minimum atomic E-state index is 0.665. The average Bonchev–Trinajstić information content (AvgIpc) is 3.54. The Morgan fingerprint density at radius 3 is 1.55 bits per heavy atom. The molecule has 3 nitrogen and oxygen atoms in total. The number of aromatic nitrogens is 2. The van der Waals surface area contributed by atoms with Crippen molar-refractivity contribution in [1.29, 1.82) is 5.26 Å². The van der Waals surface area contributed by atoms with Crippen LogP contribution in [0.4, 0.5) is 0 Å². The van der Waals surface area contributed by atoms with Crippen LogP contribution in [0.5, 0.6) is 0 Å². The van der Waals surface area contributed by atoms with E-state index in [9.17, 15) is 5.26 Å². The van der Waals surface area contributed by atoms with E-state index in [2.05, 4.69) is 130 Å². The van der Waals surface area contributed by atoms with E-state index >= 15 is 0 Å². The Kier molecular flexibility index (Phi) is 4.89. The maximum Gasteiger partial charge on any atom is 0.0998 e. The van der Waals surface area contributed by atoms with Crippen molar-refractivity contribution in [1.82, 2.24) is 9.13 Å². The Morgan fingerprint density at radius 2 is 0.875 bits per heavy atom. The van der Waals surface area contributed by atoms with Gasteiger partial charge < -0.3 is 9.13 Å². The lowest BCUT2D eigenvalue weighted by molar-refractivity contribution is 1.13. The van der Waals surface area contributed by atoms with Gasteiger partial charge in [-0.25, -0.2) is 0 Å². The van der Waals surface area contributed by atoms with Crippen molar-refractivity contribution in [3.05, 3.63) is 145 Å². The highest BCUT2D eigenvalue weighted by Gasteiger charge is 2.21. The van der Waals surface area contributed by atoms with Gasteiger partial charge in [0.05, 0.1) is 45.1 Å². The molecule has 0 spiro atoms. The van der Waals surface area contributed by atoms with Gasteiger partial charge in [0, 0.05) is 32.7 Å². The van der Waals surface area contributed by atoms with E-state index in [-0.39, 0.29) is 0 Å². The summed E-state index contributed by atoms with van der Waals surface area (Å²) in [6.45, 7) is 0. The second kappa shape index (κ2) is 8.73. The van der Waals surface area contributed by atoms with Crippen molar-refractivity contribution in [2.75, 3.05) is 0 Å². The van der Waals surface area contributed by atoms with Crippen LogP contribution in [-0.4, -0.2) is 9.13 Å². The summed E-state index contributed by atoms with van der Waals surface area (Å²) in [5, 5.41) is 14.8.